The molecule has 0 radical (unpaired) electrons. The standard InChI is InChI=1S/C44H26N6S/c1-6-17-34-28(12-1)29-13-2-7-18-35(29)50(34)44-47-42(27-23-24-40-33(26-27)30-14-5-10-22-39(30)51-40)46-43(48-44)32-16-4-9-20-37(32)49-36-19-8-3-15-31(36)41-38(49)21-11-25-45-41/h1-26H. The maximum Gasteiger partial charge on any atom is 0.238 e. The van der Waals surface area contributed by atoms with Gasteiger partial charge in [0.2, 0.25) is 5.95 Å². The minimum absolute atomic E-state index is 0.571. The van der Waals surface area contributed by atoms with Crippen molar-refractivity contribution in [2.45, 2.75) is 0 Å². The second-order valence-corrected chi connectivity index (χ2v) is 13.8. The highest BCUT2D eigenvalue weighted by Crippen LogP contribution is 2.38. The zero-order valence-corrected chi connectivity index (χ0v) is 27.9. The van der Waals surface area contributed by atoms with Gasteiger partial charge in [-0.2, -0.15) is 9.97 Å². The van der Waals surface area contributed by atoms with E-state index in [-0.39, 0.29) is 0 Å². The van der Waals surface area contributed by atoms with Crippen LogP contribution in [0.5, 0.6) is 0 Å². The molecule has 0 fully saturated rings. The molecule has 0 unspecified atom stereocenters. The molecule has 11 aromatic rings. The summed E-state index contributed by atoms with van der Waals surface area (Å²) in [6.07, 6.45) is 1.86. The van der Waals surface area contributed by atoms with E-state index in [4.69, 9.17) is 19.9 Å². The lowest BCUT2D eigenvalue weighted by Crippen LogP contribution is -2.07. The van der Waals surface area contributed by atoms with Gasteiger partial charge in [0.25, 0.3) is 0 Å². The van der Waals surface area contributed by atoms with Crippen LogP contribution in [0.3, 0.4) is 0 Å². The maximum atomic E-state index is 5.32. The molecule has 0 amide bonds. The van der Waals surface area contributed by atoms with Gasteiger partial charge in [-0.15, -0.1) is 11.3 Å². The molecule has 5 aromatic heterocycles. The van der Waals surface area contributed by atoms with Crippen molar-refractivity contribution < 1.29 is 0 Å². The van der Waals surface area contributed by atoms with E-state index in [0.717, 1.165) is 60.6 Å². The molecule has 0 aliphatic heterocycles. The van der Waals surface area contributed by atoms with Gasteiger partial charge >= 0.3 is 0 Å². The van der Waals surface area contributed by atoms with E-state index in [0.29, 0.717) is 17.6 Å². The van der Waals surface area contributed by atoms with Gasteiger partial charge in [0.15, 0.2) is 11.6 Å². The van der Waals surface area contributed by atoms with Crippen LogP contribution in [0.4, 0.5) is 0 Å². The molecular weight excluding hydrogens is 645 g/mol. The van der Waals surface area contributed by atoms with Crippen LogP contribution in [0.15, 0.2) is 158 Å². The van der Waals surface area contributed by atoms with E-state index in [1.807, 2.05) is 12.3 Å². The van der Waals surface area contributed by atoms with Crippen molar-refractivity contribution in [3.63, 3.8) is 0 Å². The van der Waals surface area contributed by atoms with Gasteiger partial charge < -0.3 is 4.57 Å². The van der Waals surface area contributed by atoms with Crippen molar-refractivity contribution in [3.05, 3.63) is 158 Å². The molecule has 51 heavy (non-hydrogen) atoms. The van der Waals surface area contributed by atoms with Crippen molar-refractivity contribution >= 4 is 75.3 Å². The number of pyridine rings is 1. The van der Waals surface area contributed by atoms with E-state index in [1.54, 1.807) is 11.3 Å². The number of benzene rings is 6. The Bertz CT molecular complexity index is 3060. The molecule has 0 bridgehead atoms. The summed E-state index contributed by atoms with van der Waals surface area (Å²) in [5, 5.41) is 5.84. The number of thiophene rings is 1. The Kier molecular flexibility index (Phi) is 6.02. The summed E-state index contributed by atoms with van der Waals surface area (Å²) < 4.78 is 6.95. The monoisotopic (exact) mass is 670 g/mol. The molecule has 7 heteroatoms. The van der Waals surface area contributed by atoms with Gasteiger partial charge in [0, 0.05) is 53.7 Å². The SMILES string of the molecule is c1ccc(-n2c3ccccc3c3ncccc32)c(-c2nc(-c3ccc4sc5ccccc5c4c3)nc(-n3c4ccccc4c4ccccc43)n2)c1. The molecule has 0 atom stereocenters. The number of fused-ring (bicyclic) bond motifs is 9. The third-order valence-corrected chi connectivity index (χ3v) is 11.0. The van der Waals surface area contributed by atoms with Crippen molar-refractivity contribution in [2.75, 3.05) is 0 Å². The average Bonchev–Trinajstić information content (AvgIpc) is 3.85. The highest BCUT2D eigenvalue weighted by atomic mass is 32.1. The Balaban J connectivity index is 1.22. The normalized spacial score (nSPS) is 11.9. The average molecular weight is 671 g/mol. The van der Waals surface area contributed by atoms with Crippen LogP contribution in [0, 0.1) is 0 Å². The highest BCUT2D eigenvalue weighted by Gasteiger charge is 2.21. The second kappa shape index (κ2) is 10.9. The lowest BCUT2D eigenvalue weighted by Gasteiger charge is -2.15. The number of hydrogen-bond acceptors (Lipinski definition) is 5. The fourth-order valence-electron chi connectivity index (χ4n) is 7.62. The minimum Gasteiger partial charge on any atom is -0.307 e. The Labute approximate surface area is 295 Å². The largest absolute Gasteiger partial charge is 0.307 e. The molecule has 6 nitrogen and oxygen atoms in total. The van der Waals surface area contributed by atoms with Crippen LogP contribution >= 0.6 is 11.3 Å². The summed E-state index contributed by atoms with van der Waals surface area (Å²) in [7, 11) is 0. The molecular formula is C44H26N6S. The number of aromatic nitrogens is 6. The third-order valence-electron chi connectivity index (χ3n) is 9.85. The van der Waals surface area contributed by atoms with Gasteiger partial charge in [-0.25, -0.2) is 4.98 Å². The third kappa shape index (κ3) is 4.22. The molecule has 0 aliphatic carbocycles. The first-order valence-electron chi connectivity index (χ1n) is 16.9. The topological polar surface area (TPSA) is 61.4 Å². The number of para-hydroxylation sites is 4. The lowest BCUT2D eigenvalue weighted by atomic mass is 10.1. The van der Waals surface area contributed by atoms with Crippen LogP contribution in [0.25, 0.3) is 98.3 Å². The second-order valence-electron chi connectivity index (χ2n) is 12.7. The minimum atomic E-state index is 0.571. The Morgan fingerprint density at radius 1 is 0.431 bits per heavy atom. The van der Waals surface area contributed by atoms with Crippen LogP contribution in [-0.2, 0) is 0 Å². The highest BCUT2D eigenvalue weighted by molar-refractivity contribution is 7.25. The quantitative estimate of drug-likeness (QED) is 0.187. The molecule has 5 heterocycles. The molecule has 0 N–H and O–H groups in total. The van der Waals surface area contributed by atoms with E-state index >= 15 is 0 Å². The van der Waals surface area contributed by atoms with Gasteiger partial charge in [0.05, 0.1) is 33.3 Å². The van der Waals surface area contributed by atoms with Crippen LogP contribution in [0.1, 0.15) is 0 Å². The summed E-state index contributed by atoms with van der Waals surface area (Å²) in [4.78, 5) is 20.7. The molecule has 6 aromatic carbocycles. The molecule has 0 aliphatic rings. The molecule has 0 saturated heterocycles. The smallest absolute Gasteiger partial charge is 0.238 e. The first-order valence-corrected chi connectivity index (χ1v) is 17.7. The maximum absolute atomic E-state index is 5.32. The van der Waals surface area contributed by atoms with E-state index in [9.17, 15) is 0 Å². The van der Waals surface area contributed by atoms with Crippen molar-refractivity contribution in [1.29, 1.82) is 0 Å². The Morgan fingerprint density at radius 2 is 1.04 bits per heavy atom. The molecule has 11 rings (SSSR count). The first kappa shape index (κ1) is 28.2. The zero-order valence-electron chi connectivity index (χ0n) is 27.1. The number of nitrogens with zero attached hydrogens (tertiary/aromatic N) is 6. The fraction of sp³-hybridized carbons (Fsp3) is 0. The van der Waals surface area contributed by atoms with Crippen molar-refractivity contribution in [2.24, 2.45) is 0 Å². The van der Waals surface area contributed by atoms with Gasteiger partial charge in [-0.05, 0) is 66.7 Å². The fourth-order valence-corrected chi connectivity index (χ4v) is 8.70. The molecule has 0 saturated carbocycles. The van der Waals surface area contributed by atoms with E-state index < -0.39 is 0 Å². The van der Waals surface area contributed by atoms with Crippen LogP contribution in [-0.4, -0.2) is 29.1 Å². The van der Waals surface area contributed by atoms with Gasteiger partial charge in [-0.1, -0.05) is 84.9 Å². The Morgan fingerprint density at radius 3 is 1.84 bits per heavy atom. The summed E-state index contributed by atoms with van der Waals surface area (Å²) in [5.74, 6) is 1.78. The molecule has 238 valence electrons. The van der Waals surface area contributed by atoms with Crippen molar-refractivity contribution in [3.8, 4) is 34.4 Å². The zero-order chi connectivity index (χ0) is 33.5. The Hall–Kier alpha value is -6.70. The predicted octanol–water partition coefficient (Wildman–Crippen LogP) is 11.2. The van der Waals surface area contributed by atoms with Crippen molar-refractivity contribution in [1.82, 2.24) is 29.1 Å². The molecule has 0 spiro atoms. The lowest BCUT2D eigenvalue weighted by molar-refractivity contribution is 0.952. The predicted molar refractivity (Wildman–Crippen MR) is 210 cm³/mol. The summed E-state index contributed by atoms with van der Waals surface area (Å²) in [5.41, 5.74) is 7.96. The van der Waals surface area contributed by atoms with Crippen LogP contribution < -0.4 is 0 Å². The van der Waals surface area contributed by atoms with E-state index in [1.165, 1.54) is 20.2 Å². The summed E-state index contributed by atoms with van der Waals surface area (Å²) in [6.45, 7) is 0. The van der Waals surface area contributed by atoms with Crippen LogP contribution in [0.2, 0.25) is 0 Å². The summed E-state index contributed by atoms with van der Waals surface area (Å²) >= 11 is 1.81. The van der Waals surface area contributed by atoms with Gasteiger partial charge in [-0.3, -0.25) is 9.55 Å². The first-order chi connectivity index (χ1) is 25.3. The number of rotatable bonds is 4. The van der Waals surface area contributed by atoms with E-state index in [2.05, 4.69) is 155 Å². The summed E-state index contributed by atoms with van der Waals surface area (Å²) in [6, 6.07) is 53.0. The van der Waals surface area contributed by atoms with Gasteiger partial charge in [0.1, 0.15) is 0 Å². The number of hydrogen-bond donors (Lipinski definition) is 0.